The molecule has 0 fully saturated rings. The van der Waals surface area contributed by atoms with Gasteiger partial charge in [0.2, 0.25) is 17.2 Å². The molecule has 0 unspecified atom stereocenters. The van der Waals surface area contributed by atoms with E-state index in [-0.39, 0.29) is 57.2 Å². The van der Waals surface area contributed by atoms with Gasteiger partial charge in [0.25, 0.3) is 5.56 Å². The van der Waals surface area contributed by atoms with E-state index in [4.69, 9.17) is 30.5 Å². The minimum Gasteiger partial charge on any atom is -0.496 e. The lowest BCUT2D eigenvalue weighted by Gasteiger charge is -2.42. The highest BCUT2D eigenvalue weighted by Gasteiger charge is 2.63. The Morgan fingerprint density at radius 3 is 2.40 bits per heavy atom. The van der Waals surface area contributed by atoms with Crippen LogP contribution in [0, 0.1) is 5.92 Å². The summed E-state index contributed by atoms with van der Waals surface area (Å²) in [4.78, 5) is 64.7. The van der Waals surface area contributed by atoms with Crippen LogP contribution in [0.2, 0.25) is 5.02 Å². The van der Waals surface area contributed by atoms with Gasteiger partial charge in [0.05, 0.1) is 19.8 Å². The Hall–Kier alpha value is -5.43. The topological polar surface area (TPSA) is 153 Å². The van der Waals surface area contributed by atoms with Crippen LogP contribution in [-0.2, 0) is 18.9 Å². The first kappa shape index (κ1) is 30.2. The van der Waals surface area contributed by atoms with E-state index >= 15 is 4.79 Å². The van der Waals surface area contributed by atoms with E-state index < -0.39 is 40.3 Å². The molecule has 47 heavy (non-hydrogen) atoms. The van der Waals surface area contributed by atoms with Gasteiger partial charge in [0, 0.05) is 55.7 Å². The largest absolute Gasteiger partial charge is 0.496 e. The van der Waals surface area contributed by atoms with Gasteiger partial charge in [0.15, 0.2) is 5.75 Å². The second-order valence-corrected chi connectivity index (χ2v) is 11.9. The maximum Gasteiger partial charge on any atom is 0.332 e. The summed E-state index contributed by atoms with van der Waals surface area (Å²) >= 11 is 6.64. The first-order valence-electron chi connectivity index (χ1n) is 14.6. The fraction of sp³-hybridized carbons (Fsp3) is 0.273. The van der Waals surface area contributed by atoms with Crippen LogP contribution in [0.5, 0.6) is 29.0 Å². The van der Waals surface area contributed by atoms with E-state index in [1.54, 1.807) is 44.3 Å². The summed E-state index contributed by atoms with van der Waals surface area (Å²) in [5.41, 5.74) is -1.93. The van der Waals surface area contributed by atoms with Crippen LogP contribution in [0.4, 0.5) is 5.82 Å². The highest BCUT2D eigenvalue weighted by molar-refractivity contribution is 6.36. The lowest BCUT2D eigenvalue weighted by Crippen LogP contribution is -2.58. The molecule has 0 bridgehead atoms. The number of methoxy groups -OCH3 is 2. The van der Waals surface area contributed by atoms with Crippen LogP contribution in [0.25, 0.3) is 0 Å². The molecule has 0 saturated carbocycles. The third-order valence-corrected chi connectivity index (χ3v) is 9.38. The third-order valence-electron chi connectivity index (χ3n) is 9.02. The molecule has 3 atom stereocenters. The zero-order valence-corrected chi connectivity index (χ0v) is 26.7. The van der Waals surface area contributed by atoms with Gasteiger partial charge in [-0.3, -0.25) is 23.5 Å². The molecule has 2 aromatic heterocycles. The quantitative estimate of drug-likeness (QED) is 0.312. The summed E-state index contributed by atoms with van der Waals surface area (Å²) in [6, 6.07) is 10.0. The molecule has 0 radical (unpaired) electrons. The van der Waals surface area contributed by atoms with Gasteiger partial charge in [-0.1, -0.05) is 30.7 Å². The van der Waals surface area contributed by atoms with Crippen molar-refractivity contribution < 1.29 is 28.5 Å². The van der Waals surface area contributed by atoms with Gasteiger partial charge < -0.3 is 24.3 Å². The van der Waals surface area contributed by atoms with Crippen molar-refractivity contribution in [2.75, 3.05) is 19.5 Å². The highest BCUT2D eigenvalue weighted by Crippen LogP contribution is 2.56. The van der Waals surface area contributed by atoms with Crippen LogP contribution in [0.3, 0.4) is 0 Å². The molecule has 1 aliphatic carbocycles. The number of hydrogen-bond donors (Lipinski definition) is 1. The molecule has 1 spiro atoms. The standard InChI is InChI=1S/C33H28ClN5O8/c1-15-12-18-22(27(40)33(15)28(41)23-19(44-4)14-20(45-5)25(34)26(23)47-33)21(24-29(37-18)38(2)32(43)39(3)30(24)42)16-8-6-9-17(13-16)46-31-35-10-7-11-36-31/h6-11,13-15,21,37H,12H2,1-5H3/t15-,21-,33+/m1/s1. The number of rotatable bonds is 5. The average molecular weight is 658 g/mol. The van der Waals surface area contributed by atoms with Crippen molar-refractivity contribution in [3.63, 3.8) is 0 Å². The number of ether oxygens (including phenoxy) is 4. The maximum absolute atomic E-state index is 15.1. The summed E-state index contributed by atoms with van der Waals surface area (Å²) < 4.78 is 25.5. The van der Waals surface area contributed by atoms with Crippen LogP contribution in [-0.4, -0.2) is 50.5 Å². The fourth-order valence-electron chi connectivity index (χ4n) is 6.72. The minimum absolute atomic E-state index is 0.0191. The van der Waals surface area contributed by atoms with Crippen molar-refractivity contribution in [1.82, 2.24) is 19.1 Å². The molecule has 4 heterocycles. The summed E-state index contributed by atoms with van der Waals surface area (Å²) in [6.45, 7) is 1.73. The Balaban J connectivity index is 1.44. The Labute approximate surface area is 272 Å². The van der Waals surface area contributed by atoms with Gasteiger partial charge >= 0.3 is 11.7 Å². The second-order valence-electron chi connectivity index (χ2n) is 11.5. The number of ketones is 2. The molecule has 14 heteroatoms. The normalized spacial score (nSPS) is 21.1. The molecule has 13 nitrogen and oxygen atoms in total. The Bertz CT molecular complexity index is 2180. The molecule has 2 aliphatic heterocycles. The fourth-order valence-corrected chi connectivity index (χ4v) is 6.99. The predicted octanol–water partition coefficient (Wildman–Crippen LogP) is 3.77. The Morgan fingerprint density at radius 2 is 1.70 bits per heavy atom. The number of nitrogens with zero attached hydrogens (tertiary/aromatic N) is 4. The first-order chi connectivity index (χ1) is 22.5. The SMILES string of the molecule is COc1cc(OC)c2c(c1Cl)O[C@@]1(C(=O)C3=C(C[C@H]1C)Nc1c(c(=O)n(C)c(=O)n1C)[C@@H]3c1cccc(Oc3ncccn3)c1)C2=O. The molecule has 240 valence electrons. The van der Waals surface area contributed by atoms with Crippen LogP contribution in [0.1, 0.15) is 40.7 Å². The lowest BCUT2D eigenvalue weighted by atomic mass is 9.66. The van der Waals surface area contributed by atoms with Crippen LogP contribution >= 0.6 is 11.6 Å². The number of hydrogen-bond acceptors (Lipinski definition) is 11. The number of nitrogens with one attached hydrogen (secondary N) is 1. The second kappa shape index (κ2) is 10.8. The zero-order chi connectivity index (χ0) is 33.4. The van der Waals surface area contributed by atoms with E-state index in [2.05, 4.69) is 15.3 Å². The van der Waals surface area contributed by atoms with Gasteiger partial charge in [0.1, 0.15) is 33.7 Å². The van der Waals surface area contributed by atoms with Crippen molar-refractivity contribution >= 4 is 29.0 Å². The third kappa shape index (κ3) is 4.22. The van der Waals surface area contributed by atoms with Gasteiger partial charge in [-0.25, -0.2) is 14.8 Å². The molecular weight excluding hydrogens is 630 g/mol. The summed E-state index contributed by atoms with van der Waals surface area (Å²) in [5.74, 6) is -2.09. The summed E-state index contributed by atoms with van der Waals surface area (Å²) in [6.07, 6.45) is 3.22. The van der Waals surface area contributed by atoms with Gasteiger partial charge in [-0.15, -0.1) is 0 Å². The van der Waals surface area contributed by atoms with Crippen molar-refractivity contribution in [2.45, 2.75) is 24.9 Å². The number of aromatic nitrogens is 4. The molecule has 3 aliphatic rings. The van der Waals surface area contributed by atoms with Crippen molar-refractivity contribution in [3.05, 3.63) is 103 Å². The van der Waals surface area contributed by atoms with Crippen LogP contribution in [0.15, 0.2) is 69.7 Å². The lowest BCUT2D eigenvalue weighted by molar-refractivity contribution is -0.130. The minimum atomic E-state index is -2.03. The van der Waals surface area contributed by atoms with Gasteiger partial charge in [-0.05, 0) is 30.2 Å². The van der Waals surface area contributed by atoms with E-state index in [1.807, 2.05) is 0 Å². The Morgan fingerprint density at radius 1 is 0.979 bits per heavy atom. The van der Waals surface area contributed by atoms with E-state index in [1.165, 1.54) is 44.3 Å². The molecule has 2 aromatic carbocycles. The predicted molar refractivity (Wildman–Crippen MR) is 169 cm³/mol. The zero-order valence-electron chi connectivity index (χ0n) is 25.9. The average Bonchev–Trinajstić information content (AvgIpc) is 3.39. The molecule has 0 saturated heterocycles. The van der Waals surface area contributed by atoms with E-state index in [0.717, 1.165) is 4.57 Å². The number of anilines is 1. The number of carbonyl (C=O) groups excluding carboxylic acids is 2. The number of carbonyl (C=O) groups is 2. The van der Waals surface area contributed by atoms with Gasteiger partial charge in [-0.2, -0.15) is 0 Å². The number of benzene rings is 2. The molecule has 4 aromatic rings. The molecular formula is C33H28ClN5O8. The highest BCUT2D eigenvalue weighted by atomic mass is 35.5. The number of fused-ring (bicyclic) bond motifs is 2. The monoisotopic (exact) mass is 657 g/mol. The maximum atomic E-state index is 15.1. The molecule has 1 N–H and O–H groups in total. The number of halogens is 1. The van der Waals surface area contributed by atoms with E-state index in [9.17, 15) is 14.4 Å². The summed E-state index contributed by atoms with van der Waals surface area (Å²) in [7, 11) is 5.71. The van der Waals surface area contributed by atoms with Crippen molar-refractivity contribution in [2.24, 2.45) is 20.0 Å². The van der Waals surface area contributed by atoms with Crippen molar-refractivity contribution in [1.29, 1.82) is 0 Å². The number of Topliss-reactive ketones (excluding diaryl/α,β-unsaturated/α-hetero) is 2. The number of allylic oxidation sites excluding steroid dienone is 1. The van der Waals surface area contributed by atoms with E-state index in [0.29, 0.717) is 17.0 Å². The molecule has 0 amide bonds. The first-order valence-corrected chi connectivity index (χ1v) is 15.0. The molecule has 7 rings (SSSR count). The smallest absolute Gasteiger partial charge is 0.332 e. The van der Waals surface area contributed by atoms with Crippen LogP contribution < -0.4 is 35.5 Å². The Kier molecular flexibility index (Phi) is 6.97. The summed E-state index contributed by atoms with van der Waals surface area (Å²) in [5, 5.41) is 3.23. The van der Waals surface area contributed by atoms with Crippen molar-refractivity contribution in [3.8, 4) is 29.0 Å².